The molecule has 2 rings (SSSR count). The second-order valence-corrected chi connectivity index (χ2v) is 5.33. The number of nitrogens with zero attached hydrogens (tertiary/aromatic N) is 3. The first kappa shape index (κ1) is 14.4. The Balaban J connectivity index is 1.85. The summed E-state index contributed by atoms with van der Waals surface area (Å²) in [4.78, 5) is 11.9. The van der Waals surface area contributed by atoms with Gasteiger partial charge in [-0.15, -0.1) is 10.2 Å². The summed E-state index contributed by atoms with van der Waals surface area (Å²) in [6.45, 7) is 3.71. The summed E-state index contributed by atoms with van der Waals surface area (Å²) in [6, 6.07) is 9.79. The molecule has 3 N–H and O–H groups in total. The Bertz CT molecular complexity index is 584. The van der Waals surface area contributed by atoms with Crippen LogP contribution >= 0.6 is 11.8 Å². The molecule has 1 atom stereocenters. The number of nitrogens with one attached hydrogen (secondary N) is 1. The summed E-state index contributed by atoms with van der Waals surface area (Å²) < 4.78 is 1.37. The highest BCUT2D eigenvalue weighted by Crippen LogP contribution is 2.15. The molecule has 1 unspecified atom stereocenters. The van der Waals surface area contributed by atoms with Gasteiger partial charge >= 0.3 is 0 Å². The van der Waals surface area contributed by atoms with Crippen molar-refractivity contribution in [2.24, 2.45) is 0 Å². The van der Waals surface area contributed by atoms with E-state index in [9.17, 15) is 4.79 Å². The average Bonchev–Trinajstić information content (AvgIpc) is 2.77. The number of thioether (sulfide) groups is 1. The molecule has 1 amide bonds. The van der Waals surface area contributed by atoms with Crippen LogP contribution in [0.2, 0.25) is 0 Å². The Morgan fingerprint density at radius 2 is 2.10 bits per heavy atom. The molecular weight excluding hydrogens is 274 g/mol. The van der Waals surface area contributed by atoms with Crippen LogP contribution in [0.5, 0.6) is 0 Å². The fraction of sp³-hybridized carbons (Fsp3) is 0.308. The number of benzene rings is 1. The van der Waals surface area contributed by atoms with Gasteiger partial charge in [0.25, 0.3) is 0 Å². The minimum Gasteiger partial charge on any atom is -0.349 e. The van der Waals surface area contributed by atoms with E-state index in [1.165, 1.54) is 16.4 Å². The van der Waals surface area contributed by atoms with E-state index >= 15 is 0 Å². The maximum atomic E-state index is 11.9. The zero-order chi connectivity index (χ0) is 14.5. The van der Waals surface area contributed by atoms with Crippen molar-refractivity contribution in [3.05, 3.63) is 41.7 Å². The predicted octanol–water partition coefficient (Wildman–Crippen LogP) is 1.27. The van der Waals surface area contributed by atoms with Crippen LogP contribution in [-0.2, 0) is 4.79 Å². The molecular formula is C13H17N5OS. The Hall–Kier alpha value is -2.02. The van der Waals surface area contributed by atoms with E-state index in [0.29, 0.717) is 11.0 Å². The third-order valence-corrected chi connectivity index (χ3v) is 3.79. The highest BCUT2D eigenvalue weighted by molar-refractivity contribution is 7.99. The lowest BCUT2D eigenvalue weighted by Gasteiger charge is -2.13. The Kier molecular flexibility index (Phi) is 4.62. The van der Waals surface area contributed by atoms with Crippen LogP contribution in [0.25, 0.3) is 0 Å². The summed E-state index contributed by atoms with van der Waals surface area (Å²) in [7, 11) is 0. The molecule has 0 aliphatic heterocycles. The van der Waals surface area contributed by atoms with Crippen molar-refractivity contribution in [1.29, 1.82) is 0 Å². The molecule has 6 nitrogen and oxygen atoms in total. The number of aryl methyl sites for hydroxylation is 1. The van der Waals surface area contributed by atoms with Crippen LogP contribution in [0.15, 0.2) is 35.5 Å². The van der Waals surface area contributed by atoms with Crippen molar-refractivity contribution in [3.8, 4) is 0 Å². The smallest absolute Gasteiger partial charge is 0.230 e. The Morgan fingerprint density at radius 1 is 1.40 bits per heavy atom. The number of amides is 1. The van der Waals surface area contributed by atoms with E-state index in [1.54, 1.807) is 6.92 Å². The molecule has 1 heterocycles. The van der Waals surface area contributed by atoms with E-state index < -0.39 is 0 Å². The van der Waals surface area contributed by atoms with Gasteiger partial charge in [-0.3, -0.25) is 4.79 Å². The molecule has 0 bridgehead atoms. The monoisotopic (exact) mass is 291 g/mol. The number of carbonyl (C=O) groups is 1. The van der Waals surface area contributed by atoms with Crippen molar-refractivity contribution < 1.29 is 4.79 Å². The number of carbonyl (C=O) groups excluding carboxylic acids is 1. The topological polar surface area (TPSA) is 85.8 Å². The molecule has 1 aromatic heterocycles. The molecule has 106 valence electrons. The molecule has 7 heteroatoms. The maximum Gasteiger partial charge on any atom is 0.230 e. The second-order valence-electron chi connectivity index (χ2n) is 4.39. The summed E-state index contributed by atoms with van der Waals surface area (Å²) in [6.07, 6.45) is 0. The SMILES string of the molecule is Cc1nnc(SCC(=O)NC(C)c2ccccc2)n1N. The molecule has 0 fully saturated rings. The van der Waals surface area contributed by atoms with Crippen molar-refractivity contribution in [2.75, 3.05) is 11.6 Å². The number of nitrogens with two attached hydrogens (primary N) is 1. The molecule has 0 spiro atoms. The Morgan fingerprint density at radius 3 is 2.70 bits per heavy atom. The van der Waals surface area contributed by atoms with Crippen molar-refractivity contribution in [3.63, 3.8) is 0 Å². The Labute approximate surface area is 121 Å². The molecule has 0 saturated heterocycles. The molecule has 1 aromatic carbocycles. The molecule has 2 aromatic rings. The van der Waals surface area contributed by atoms with Gasteiger partial charge in [-0.05, 0) is 19.4 Å². The van der Waals surface area contributed by atoms with E-state index in [4.69, 9.17) is 5.84 Å². The highest BCUT2D eigenvalue weighted by Gasteiger charge is 2.12. The lowest BCUT2D eigenvalue weighted by Crippen LogP contribution is -2.28. The predicted molar refractivity (Wildman–Crippen MR) is 78.6 cm³/mol. The molecule has 20 heavy (non-hydrogen) atoms. The van der Waals surface area contributed by atoms with Gasteiger partial charge in [0.2, 0.25) is 11.1 Å². The number of nitrogen functional groups attached to an aromatic ring is 1. The number of aromatic nitrogens is 3. The van der Waals surface area contributed by atoms with Crippen LogP contribution in [0.4, 0.5) is 0 Å². The lowest BCUT2D eigenvalue weighted by molar-refractivity contribution is -0.119. The first-order valence-corrected chi connectivity index (χ1v) is 7.20. The fourth-order valence-corrected chi connectivity index (χ4v) is 2.40. The van der Waals surface area contributed by atoms with Crippen LogP contribution in [0, 0.1) is 6.92 Å². The van der Waals surface area contributed by atoms with Gasteiger partial charge in [0.15, 0.2) is 0 Å². The molecule has 0 radical (unpaired) electrons. The number of hydrogen-bond donors (Lipinski definition) is 2. The summed E-state index contributed by atoms with van der Waals surface area (Å²) >= 11 is 1.27. The van der Waals surface area contributed by atoms with Crippen molar-refractivity contribution in [2.45, 2.75) is 25.0 Å². The van der Waals surface area contributed by atoms with Crippen LogP contribution in [-0.4, -0.2) is 26.5 Å². The molecule has 0 saturated carbocycles. The summed E-state index contributed by atoms with van der Waals surface area (Å²) in [5.74, 6) is 6.53. The van der Waals surface area contributed by atoms with Gasteiger partial charge in [-0.1, -0.05) is 42.1 Å². The van der Waals surface area contributed by atoms with Gasteiger partial charge < -0.3 is 11.2 Å². The van der Waals surface area contributed by atoms with Crippen LogP contribution in [0.1, 0.15) is 24.4 Å². The van der Waals surface area contributed by atoms with Gasteiger partial charge in [-0.25, -0.2) is 4.68 Å². The van der Waals surface area contributed by atoms with E-state index in [0.717, 1.165) is 5.56 Å². The molecule has 0 aliphatic rings. The average molecular weight is 291 g/mol. The van der Waals surface area contributed by atoms with E-state index in [-0.39, 0.29) is 17.7 Å². The normalized spacial score (nSPS) is 12.1. The van der Waals surface area contributed by atoms with Gasteiger partial charge in [0, 0.05) is 0 Å². The first-order valence-electron chi connectivity index (χ1n) is 6.22. The molecule has 0 aliphatic carbocycles. The minimum absolute atomic E-state index is 0.0261. The van der Waals surface area contributed by atoms with E-state index in [1.807, 2.05) is 37.3 Å². The minimum atomic E-state index is -0.0630. The highest BCUT2D eigenvalue weighted by atomic mass is 32.2. The number of rotatable bonds is 5. The lowest BCUT2D eigenvalue weighted by atomic mass is 10.1. The van der Waals surface area contributed by atoms with E-state index in [2.05, 4.69) is 15.5 Å². The third kappa shape index (κ3) is 3.51. The number of hydrogen-bond acceptors (Lipinski definition) is 5. The first-order chi connectivity index (χ1) is 9.58. The largest absolute Gasteiger partial charge is 0.349 e. The zero-order valence-electron chi connectivity index (χ0n) is 11.4. The van der Waals surface area contributed by atoms with Gasteiger partial charge in [0.1, 0.15) is 5.82 Å². The van der Waals surface area contributed by atoms with Crippen molar-refractivity contribution >= 4 is 17.7 Å². The zero-order valence-corrected chi connectivity index (χ0v) is 12.2. The maximum absolute atomic E-state index is 11.9. The van der Waals surface area contributed by atoms with Crippen LogP contribution < -0.4 is 11.2 Å². The summed E-state index contributed by atoms with van der Waals surface area (Å²) in [5, 5.41) is 11.2. The van der Waals surface area contributed by atoms with Gasteiger partial charge in [-0.2, -0.15) is 0 Å². The van der Waals surface area contributed by atoms with Crippen LogP contribution in [0.3, 0.4) is 0 Å². The fourth-order valence-electron chi connectivity index (χ4n) is 1.69. The summed E-state index contributed by atoms with van der Waals surface area (Å²) in [5.41, 5.74) is 1.07. The second kappa shape index (κ2) is 6.42. The van der Waals surface area contributed by atoms with Gasteiger partial charge in [0.05, 0.1) is 11.8 Å². The third-order valence-electron chi connectivity index (χ3n) is 2.84. The quantitative estimate of drug-likeness (QED) is 0.640. The van der Waals surface area contributed by atoms with Crippen molar-refractivity contribution in [1.82, 2.24) is 20.2 Å². The standard InChI is InChI=1S/C13H17N5OS/c1-9(11-6-4-3-5-7-11)15-12(19)8-20-13-17-16-10(2)18(13)14/h3-7,9H,8,14H2,1-2H3,(H,15,19).